The van der Waals surface area contributed by atoms with Crippen LogP contribution in [-0.2, 0) is 26.5 Å². The monoisotopic (exact) mass is 410 g/mol. The Bertz CT molecular complexity index is 882. The highest BCUT2D eigenvalue weighted by molar-refractivity contribution is 7.89. The number of benzene rings is 2. The molecule has 0 heterocycles. The smallest absolute Gasteiger partial charge is 0.209 e. The molecule has 2 aromatic carbocycles. The van der Waals surface area contributed by atoms with E-state index in [1.807, 2.05) is 0 Å². The Balaban J connectivity index is 2.12. The molecular formula is C19H26N2O4S2. The Morgan fingerprint density at radius 3 is 1.19 bits per heavy atom. The van der Waals surface area contributed by atoms with Gasteiger partial charge >= 0.3 is 0 Å². The maximum Gasteiger partial charge on any atom is 0.240 e. The summed E-state index contributed by atoms with van der Waals surface area (Å²) >= 11 is 0. The molecule has 6 nitrogen and oxygen atoms in total. The van der Waals surface area contributed by atoms with Crippen LogP contribution in [0.5, 0.6) is 0 Å². The van der Waals surface area contributed by atoms with Gasteiger partial charge in [0.05, 0.1) is 9.79 Å². The van der Waals surface area contributed by atoms with Crippen molar-refractivity contribution in [3.8, 4) is 0 Å². The lowest BCUT2D eigenvalue weighted by atomic mass is 10.1. The van der Waals surface area contributed by atoms with Crippen molar-refractivity contribution in [1.82, 2.24) is 9.44 Å². The average Bonchev–Trinajstić information content (AvgIpc) is 2.53. The predicted octanol–water partition coefficient (Wildman–Crippen LogP) is 2.65. The molecular weight excluding hydrogens is 384 g/mol. The Morgan fingerprint density at radius 1 is 0.630 bits per heavy atom. The van der Waals surface area contributed by atoms with Crippen molar-refractivity contribution in [3.63, 3.8) is 0 Å². The molecule has 0 fully saturated rings. The fourth-order valence-electron chi connectivity index (χ4n) is 2.57. The lowest BCUT2D eigenvalue weighted by molar-refractivity contribution is 0.568. The highest BCUT2D eigenvalue weighted by Gasteiger charge is 2.16. The number of sulfonamides is 2. The van der Waals surface area contributed by atoms with Gasteiger partial charge in [-0.05, 0) is 69.5 Å². The van der Waals surface area contributed by atoms with Crippen molar-refractivity contribution in [2.45, 2.75) is 56.0 Å². The second kappa shape index (κ2) is 8.52. The predicted molar refractivity (Wildman–Crippen MR) is 107 cm³/mol. The number of nitrogens with one attached hydrogen (secondary N) is 2. The Labute approximate surface area is 162 Å². The molecule has 0 spiro atoms. The first kappa shape index (κ1) is 21.6. The summed E-state index contributed by atoms with van der Waals surface area (Å²) in [5.41, 5.74) is 1.88. The molecule has 0 atom stereocenters. The van der Waals surface area contributed by atoms with E-state index in [9.17, 15) is 16.8 Å². The summed E-state index contributed by atoms with van der Waals surface area (Å²) in [6.07, 6.45) is 0.579. The molecule has 0 aliphatic rings. The highest BCUT2D eigenvalue weighted by atomic mass is 32.2. The van der Waals surface area contributed by atoms with Crippen LogP contribution in [-0.4, -0.2) is 28.9 Å². The van der Waals surface area contributed by atoms with Gasteiger partial charge in [-0.1, -0.05) is 24.3 Å². The first-order chi connectivity index (χ1) is 12.5. The van der Waals surface area contributed by atoms with Gasteiger partial charge < -0.3 is 0 Å². The summed E-state index contributed by atoms with van der Waals surface area (Å²) in [5.74, 6) is 0. The number of rotatable bonds is 8. The van der Waals surface area contributed by atoms with Crippen LogP contribution in [0.1, 0.15) is 38.8 Å². The van der Waals surface area contributed by atoms with Gasteiger partial charge in [-0.25, -0.2) is 26.3 Å². The zero-order valence-electron chi connectivity index (χ0n) is 15.9. The summed E-state index contributed by atoms with van der Waals surface area (Å²) in [6.45, 7) is 7.08. The van der Waals surface area contributed by atoms with Gasteiger partial charge in [-0.2, -0.15) is 0 Å². The molecule has 148 valence electrons. The van der Waals surface area contributed by atoms with E-state index < -0.39 is 20.0 Å². The largest absolute Gasteiger partial charge is 0.240 e. The van der Waals surface area contributed by atoms with Gasteiger partial charge in [0.2, 0.25) is 20.0 Å². The SMILES string of the molecule is CC(C)NS(=O)(=O)c1ccc(Cc2ccc(S(=O)(=O)NC(C)C)cc2)cc1. The minimum absolute atomic E-state index is 0.172. The van der Waals surface area contributed by atoms with Crippen molar-refractivity contribution < 1.29 is 16.8 Å². The van der Waals surface area contributed by atoms with Crippen LogP contribution in [0.2, 0.25) is 0 Å². The molecule has 2 rings (SSSR count). The fraction of sp³-hybridized carbons (Fsp3) is 0.368. The molecule has 0 saturated carbocycles. The molecule has 8 heteroatoms. The van der Waals surface area contributed by atoms with Gasteiger partial charge in [0.15, 0.2) is 0 Å². The first-order valence-electron chi connectivity index (χ1n) is 8.72. The molecule has 2 aromatic rings. The van der Waals surface area contributed by atoms with Crippen LogP contribution in [0.15, 0.2) is 58.3 Å². The summed E-state index contributed by atoms with van der Waals surface area (Å²) in [5, 5.41) is 0. The molecule has 27 heavy (non-hydrogen) atoms. The van der Waals surface area contributed by atoms with Crippen molar-refractivity contribution in [3.05, 3.63) is 59.7 Å². The van der Waals surface area contributed by atoms with Gasteiger partial charge in [0, 0.05) is 12.1 Å². The van der Waals surface area contributed by atoms with E-state index in [2.05, 4.69) is 9.44 Å². The van der Waals surface area contributed by atoms with Gasteiger partial charge in [0.1, 0.15) is 0 Å². The first-order valence-corrected chi connectivity index (χ1v) is 11.7. The number of hydrogen-bond donors (Lipinski definition) is 2. The van der Waals surface area contributed by atoms with Crippen LogP contribution in [0, 0.1) is 0 Å². The molecule has 0 radical (unpaired) electrons. The highest BCUT2D eigenvalue weighted by Crippen LogP contribution is 2.16. The van der Waals surface area contributed by atoms with Crippen LogP contribution in [0.3, 0.4) is 0 Å². The van der Waals surface area contributed by atoms with Crippen LogP contribution in [0.25, 0.3) is 0 Å². The standard InChI is InChI=1S/C19H26N2O4S2/c1-14(2)20-26(22,23)18-9-5-16(6-10-18)13-17-7-11-19(12-8-17)27(24,25)21-15(3)4/h5-12,14-15,20-21H,13H2,1-4H3. The lowest BCUT2D eigenvalue weighted by Gasteiger charge is -2.11. The minimum atomic E-state index is -3.50. The fourth-order valence-corrected chi connectivity index (χ4v) is 5.07. The van der Waals surface area contributed by atoms with Crippen molar-refractivity contribution >= 4 is 20.0 Å². The molecule has 0 aliphatic heterocycles. The zero-order valence-corrected chi connectivity index (χ0v) is 17.6. The molecule has 0 aromatic heterocycles. The Kier molecular flexibility index (Phi) is 6.80. The summed E-state index contributed by atoms with van der Waals surface area (Å²) < 4.78 is 53.7. The van der Waals surface area contributed by atoms with E-state index in [0.717, 1.165) is 11.1 Å². The van der Waals surface area contributed by atoms with Gasteiger partial charge in [0.25, 0.3) is 0 Å². The van der Waals surface area contributed by atoms with Crippen LogP contribution < -0.4 is 9.44 Å². The molecule has 0 aliphatic carbocycles. The third-order valence-electron chi connectivity index (χ3n) is 3.66. The topological polar surface area (TPSA) is 92.3 Å². The summed E-state index contributed by atoms with van der Waals surface area (Å²) in [7, 11) is -7.01. The third kappa shape index (κ3) is 6.14. The molecule has 0 amide bonds. The maximum atomic E-state index is 12.1. The van der Waals surface area contributed by atoms with Crippen molar-refractivity contribution in [2.24, 2.45) is 0 Å². The molecule has 0 saturated heterocycles. The second-order valence-electron chi connectivity index (χ2n) is 7.02. The van der Waals surface area contributed by atoms with Crippen molar-refractivity contribution in [1.29, 1.82) is 0 Å². The number of hydrogen-bond acceptors (Lipinski definition) is 4. The van der Waals surface area contributed by atoms with E-state index >= 15 is 0 Å². The van der Waals surface area contributed by atoms with Crippen LogP contribution >= 0.6 is 0 Å². The minimum Gasteiger partial charge on any atom is -0.209 e. The van der Waals surface area contributed by atoms with E-state index in [1.54, 1.807) is 76.2 Å². The summed E-state index contributed by atoms with van der Waals surface area (Å²) in [6, 6.07) is 13.0. The molecule has 0 bridgehead atoms. The second-order valence-corrected chi connectivity index (χ2v) is 10.4. The molecule has 2 N–H and O–H groups in total. The van der Waals surface area contributed by atoms with E-state index in [1.165, 1.54) is 0 Å². The average molecular weight is 411 g/mol. The lowest BCUT2D eigenvalue weighted by Crippen LogP contribution is -2.30. The third-order valence-corrected chi connectivity index (χ3v) is 7.01. The Morgan fingerprint density at radius 2 is 0.926 bits per heavy atom. The molecule has 0 unspecified atom stereocenters. The van der Waals surface area contributed by atoms with E-state index in [0.29, 0.717) is 6.42 Å². The summed E-state index contributed by atoms with van der Waals surface area (Å²) in [4.78, 5) is 0.447. The van der Waals surface area contributed by atoms with E-state index in [-0.39, 0.29) is 21.9 Å². The Hall–Kier alpha value is -1.74. The van der Waals surface area contributed by atoms with E-state index in [4.69, 9.17) is 0 Å². The normalized spacial score (nSPS) is 12.7. The zero-order chi connectivity index (χ0) is 20.2. The quantitative estimate of drug-likeness (QED) is 0.700. The van der Waals surface area contributed by atoms with Gasteiger partial charge in [-0.15, -0.1) is 0 Å². The maximum absolute atomic E-state index is 12.1. The van der Waals surface area contributed by atoms with Gasteiger partial charge in [-0.3, -0.25) is 0 Å². The van der Waals surface area contributed by atoms with Crippen molar-refractivity contribution in [2.75, 3.05) is 0 Å². The van der Waals surface area contributed by atoms with Crippen LogP contribution in [0.4, 0.5) is 0 Å².